The van der Waals surface area contributed by atoms with Crippen molar-refractivity contribution in [3.8, 4) is 0 Å². The van der Waals surface area contributed by atoms with Crippen LogP contribution in [0.1, 0.15) is 56.5 Å². The molecule has 0 aliphatic carbocycles. The van der Waals surface area contributed by atoms with Gasteiger partial charge in [-0.1, -0.05) is 26.8 Å². The van der Waals surface area contributed by atoms with Crippen molar-refractivity contribution in [1.82, 2.24) is 9.88 Å². The van der Waals surface area contributed by atoms with E-state index in [2.05, 4.69) is 38.1 Å². The molecular weight excluding hydrogens is 248 g/mol. The van der Waals surface area contributed by atoms with Gasteiger partial charge in [0.2, 0.25) is 0 Å². The fourth-order valence-corrected chi connectivity index (χ4v) is 2.54. The lowest BCUT2D eigenvalue weighted by molar-refractivity contribution is 0.0799. The summed E-state index contributed by atoms with van der Waals surface area (Å²) >= 11 is 0. The lowest BCUT2D eigenvalue weighted by atomic mass is 9.91. The Labute approximate surface area is 124 Å². The molecule has 3 nitrogen and oxygen atoms in total. The summed E-state index contributed by atoms with van der Waals surface area (Å²) in [5.74, 6) is 0.534. The van der Waals surface area contributed by atoms with Crippen LogP contribution in [0.2, 0.25) is 0 Å². The van der Waals surface area contributed by atoms with E-state index in [0.717, 1.165) is 26.2 Å². The molecule has 1 unspecified atom stereocenters. The molecule has 0 saturated carbocycles. The summed E-state index contributed by atoms with van der Waals surface area (Å²) in [6, 6.07) is 4.44. The average Bonchev–Trinajstić information content (AvgIpc) is 2.49. The molecule has 0 radical (unpaired) electrons. The standard InChI is InChI=1S/C15H24N2O.C2H6/c1-4-13-7-8-14(12-6-5-9-18-11-12)15(16-13)10-17(2)3;1-2/h7-8,12H,4-6,9-11H2,1-3H3;1-2H3. The van der Waals surface area contributed by atoms with Crippen LogP contribution in [-0.2, 0) is 17.7 Å². The van der Waals surface area contributed by atoms with Gasteiger partial charge in [0.1, 0.15) is 0 Å². The summed E-state index contributed by atoms with van der Waals surface area (Å²) in [4.78, 5) is 7.00. The van der Waals surface area contributed by atoms with Gasteiger partial charge >= 0.3 is 0 Å². The van der Waals surface area contributed by atoms with Gasteiger partial charge < -0.3 is 9.64 Å². The number of rotatable bonds is 4. The van der Waals surface area contributed by atoms with E-state index in [1.54, 1.807) is 0 Å². The largest absolute Gasteiger partial charge is 0.381 e. The van der Waals surface area contributed by atoms with E-state index in [-0.39, 0.29) is 0 Å². The Bertz CT molecular complexity index is 385. The average molecular weight is 278 g/mol. The summed E-state index contributed by atoms with van der Waals surface area (Å²) < 4.78 is 5.61. The highest BCUT2D eigenvalue weighted by molar-refractivity contribution is 5.27. The Morgan fingerprint density at radius 3 is 2.60 bits per heavy atom. The van der Waals surface area contributed by atoms with Gasteiger partial charge in [-0.2, -0.15) is 0 Å². The van der Waals surface area contributed by atoms with E-state index >= 15 is 0 Å². The minimum Gasteiger partial charge on any atom is -0.381 e. The SMILES string of the molecule is CC.CCc1ccc(C2CCCOC2)c(CN(C)C)n1. The number of hydrogen-bond acceptors (Lipinski definition) is 3. The zero-order valence-electron chi connectivity index (χ0n) is 13.8. The van der Waals surface area contributed by atoms with Gasteiger partial charge in [-0.05, 0) is 45.0 Å². The first-order chi connectivity index (χ1) is 9.70. The van der Waals surface area contributed by atoms with E-state index in [9.17, 15) is 0 Å². The van der Waals surface area contributed by atoms with Crippen molar-refractivity contribution in [3.05, 3.63) is 29.1 Å². The molecule has 20 heavy (non-hydrogen) atoms. The van der Waals surface area contributed by atoms with Gasteiger partial charge in [0.05, 0.1) is 12.3 Å². The fraction of sp³-hybridized carbons (Fsp3) is 0.706. The molecule has 1 aliphatic heterocycles. The molecule has 1 aromatic rings. The highest BCUT2D eigenvalue weighted by Crippen LogP contribution is 2.28. The van der Waals surface area contributed by atoms with Crippen LogP contribution in [0.4, 0.5) is 0 Å². The second-order valence-electron chi connectivity index (χ2n) is 5.34. The summed E-state index contributed by atoms with van der Waals surface area (Å²) in [5, 5.41) is 0. The number of hydrogen-bond donors (Lipinski definition) is 0. The third-order valence-corrected chi connectivity index (χ3v) is 3.50. The summed E-state index contributed by atoms with van der Waals surface area (Å²) in [6.07, 6.45) is 3.40. The molecule has 0 spiro atoms. The van der Waals surface area contributed by atoms with Crippen LogP contribution < -0.4 is 0 Å². The number of nitrogens with zero attached hydrogens (tertiary/aromatic N) is 2. The quantitative estimate of drug-likeness (QED) is 0.841. The van der Waals surface area contributed by atoms with Crippen LogP contribution in [-0.4, -0.2) is 37.2 Å². The number of pyridine rings is 1. The topological polar surface area (TPSA) is 25.4 Å². The van der Waals surface area contributed by atoms with Crippen LogP contribution in [0.25, 0.3) is 0 Å². The zero-order valence-corrected chi connectivity index (χ0v) is 13.8. The molecule has 1 saturated heterocycles. The normalized spacial score (nSPS) is 18.6. The van der Waals surface area contributed by atoms with E-state index in [0.29, 0.717) is 5.92 Å². The first-order valence-electron chi connectivity index (χ1n) is 7.92. The van der Waals surface area contributed by atoms with Crippen molar-refractivity contribution in [2.75, 3.05) is 27.3 Å². The predicted molar refractivity (Wildman–Crippen MR) is 85.1 cm³/mol. The van der Waals surface area contributed by atoms with E-state index in [1.165, 1.54) is 29.8 Å². The summed E-state index contributed by atoms with van der Waals surface area (Å²) in [5.41, 5.74) is 3.81. The van der Waals surface area contributed by atoms with E-state index in [4.69, 9.17) is 9.72 Å². The molecule has 1 atom stereocenters. The van der Waals surface area contributed by atoms with Crippen molar-refractivity contribution in [2.45, 2.75) is 52.5 Å². The molecule has 0 bridgehead atoms. The van der Waals surface area contributed by atoms with Crippen LogP contribution in [0.15, 0.2) is 12.1 Å². The Morgan fingerprint density at radius 1 is 1.30 bits per heavy atom. The van der Waals surface area contributed by atoms with Gasteiger partial charge in [-0.15, -0.1) is 0 Å². The van der Waals surface area contributed by atoms with Crippen LogP contribution in [0.5, 0.6) is 0 Å². The van der Waals surface area contributed by atoms with Crippen LogP contribution >= 0.6 is 0 Å². The molecular formula is C17H30N2O. The van der Waals surface area contributed by atoms with Gasteiger partial charge in [-0.3, -0.25) is 4.98 Å². The van der Waals surface area contributed by atoms with Gasteiger partial charge in [0.15, 0.2) is 0 Å². The number of ether oxygens (including phenoxy) is 1. The van der Waals surface area contributed by atoms with Gasteiger partial charge in [-0.25, -0.2) is 0 Å². The highest BCUT2D eigenvalue weighted by atomic mass is 16.5. The van der Waals surface area contributed by atoms with Crippen molar-refractivity contribution in [1.29, 1.82) is 0 Å². The summed E-state index contributed by atoms with van der Waals surface area (Å²) in [6.45, 7) is 8.85. The lowest BCUT2D eigenvalue weighted by Crippen LogP contribution is -2.20. The molecule has 114 valence electrons. The molecule has 2 heterocycles. The number of aromatic nitrogens is 1. The third-order valence-electron chi connectivity index (χ3n) is 3.50. The molecule has 1 aromatic heterocycles. The minimum absolute atomic E-state index is 0.534. The monoisotopic (exact) mass is 278 g/mol. The Morgan fingerprint density at radius 2 is 2.05 bits per heavy atom. The maximum Gasteiger partial charge on any atom is 0.0582 e. The highest BCUT2D eigenvalue weighted by Gasteiger charge is 2.20. The Kier molecular flexibility index (Phi) is 7.78. The lowest BCUT2D eigenvalue weighted by Gasteiger charge is -2.25. The molecule has 1 fully saturated rings. The summed E-state index contributed by atoms with van der Waals surface area (Å²) in [7, 11) is 4.20. The first kappa shape index (κ1) is 17.1. The molecule has 3 heteroatoms. The van der Waals surface area contributed by atoms with Crippen LogP contribution in [0.3, 0.4) is 0 Å². The van der Waals surface area contributed by atoms with E-state index in [1.807, 2.05) is 13.8 Å². The molecule has 0 N–H and O–H groups in total. The van der Waals surface area contributed by atoms with Crippen molar-refractivity contribution in [3.63, 3.8) is 0 Å². The van der Waals surface area contributed by atoms with Crippen molar-refractivity contribution >= 4 is 0 Å². The minimum atomic E-state index is 0.534. The molecule has 2 rings (SSSR count). The van der Waals surface area contributed by atoms with Gasteiger partial charge in [0.25, 0.3) is 0 Å². The van der Waals surface area contributed by atoms with Crippen molar-refractivity contribution in [2.24, 2.45) is 0 Å². The second-order valence-corrected chi connectivity index (χ2v) is 5.34. The van der Waals surface area contributed by atoms with E-state index < -0.39 is 0 Å². The first-order valence-corrected chi connectivity index (χ1v) is 7.92. The maximum absolute atomic E-state index is 5.61. The fourth-order valence-electron chi connectivity index (χ4n) is 2.54. The van der Waals surface area contributed by atoms with Gasteiger partial charge in [0, 0.05) is 24.8 Å². The smallest absolute Gasteiger partial charge is 0.0582 e. The molecule has 1 aliphatic rings. The Balaban J connectivity index is 0.000000956. The Hall–Kier alpha value is -0.930. The number of aryl methyl sites for hydroxylation is 1. The maximum atomic E-state index is 5.61. The second kappa shape index (κ2) is 9.09. The zero-order chi connectivity index (χ0) is 15.0. The van der Waals surface area contributed by atoms with Crippen molar-refractivity contribution < 1.29 is 4.74 Å². The molecule has 0 amide bonds. The van der Waals surface area contributed by atoms with Crippen LogP contribution in [0, 0.1) is 0 Å². The molecule has 0 aromatic carbocycles. The predicted octanol–water partition coefficient (Wildman–Crippen LogP) is 3.63. The third kappa shape index (κ3) is 4.88.